The molecule has 1 atom stereocenters. The van der Waals surface area contributed by atoms with E-state index >= 15 is 0 Å². The summed E-state index contributed by atoms with van der Waals surface area (Å²) in [6, 6.07) is 65.7. The lowest BCUT2D eigenvalue weighted by atomic mass is 9.91. The molecule has 2 aliphatic rings. The lowest BCUT2D eigenvalue weighted by Gasteiger charge is -2.23. The van der Waals surface area contributed by atoms with Crippen LogP contribution >= 0.6 is 0 Å². The molecular formula is C56H40N6. The highest BCUT2D eigenvalue weighted by Crippen LogP contribution is 2.38. The summed E-state index contributed by atoms with van der Waals surface area (Å²) in [5.41, 5.74) is 10.8. The van der Waals surface area contributed by atoms with E-state index in [0.717, 1.165) is 69.0 Å². The maximum Gasteiger partial charge on any atom is 0.164 e. The lowest BCUT2D eigenvalue weighted by molar-refractivity contribution is 0.674. The maximum absolute atomic E-state index is 5.02. The average Bonchev–Trinajstić information content (AvgIpc) is 3.37. The zero-order valence-corrected chi connectivity index (χ0v) is 33.9. The molecule has 0 amide bonds. The summed E-state index contributed by atoms with van der Waals surface area (Å²) in [4.78, 5) is 24.9. The third-order valence-corrected chi connectivity index (χ3v) is 11.7. The van der Waals surface area contributed by atoms with Gasteiger partial charge in [-0.1, -0.05) is 206 Å². The molecule has 9 aromatic rings. The van der Waals surface area contributed by atoms with Crippen LogP contribution in [0.25, 0.3) is 72.1 Å². The minimum absolute atomic E-state index is 0.244. The minimum Gasteiger partial charge on any atom is -0.344 e. The van der Waals surface area contributed by atoms with Crippen molar-refractivity contribution in [1.29, 1.82) is 0 Å². The van der Waals surface area contributed by atoms with Gasteiger partial charge in [-0.2, -0.15) is 0 Å². The fourth-order valence-electron chi connectivity index (χ4n) is 8.51. The summed E-state index contributed by atoms with van der Waals surface area (Å²) in [5, 5.41) is 8.44. The average molecular weight is 797 g/mol. The third kappa shape index (κ3) is 7.18. The van der Waals surface area contributed by atoms with Crippen LogP contribution in [0.4, 0.5) is 0 Å². The molecule has 294 valence electrons. The van der Waals surface area contributed by atoms with Gasteiger partial charge in [0.2, 0.25) is 0 Å². The number of allylic oxidation sites excluding steroid dienone is 4. The van der Waals surface area contributed by atoms with Gasteiger partial charge in [0, 0.05) is 22.3 Å². The molecule has 1 aliphatic carbocycles. The number of benzene rings is 8. The summed E-state index contributed by atoms with van der Waals surface area (Å²) >= 11 is 0. The molecule has 1 aromatic heterocycles. The monoisotopic (exact) mass is 796 g/mol. The molecule has 8 aromatic carbocycles. The minimum atomic E-state index is -0.244. The first-order valence-electron chi connectivity index (χ1n) is 21.1. The smallest absolute Gasteiger partial charge is 0.164 e. The first-order valence-corrected chi connectivity index (χ1v) is 21.1. The van der Waals surface area contributed by atoms with Gasteiger partial charge >= 0.3 is 0 Å². The number of fused-ring (bicyclic) bond motifs is 3. The molecule has 0 fully saturated rings. The predicted molar refractivity (Wildman–Crippen MR) is 255 cm³/mol. The van der Waals surface area contributed by atoms with E-state index in [1.807, 2.05) is 66.7 Å². The van der Waals surface area contributed by atoms with E-state index in [1.54, 1.807) is 0 Å². The molecule has 0 saturated carbocycles. The molecule has 1 aliphatic heterocycles. The molecule has 0 bridgehead atoms. The Bertz CT molecular complexity index is 3230. The van der Waals surface area contributed by atoms with E-state index in [0.29, 0.717) is 17.5 Å². The number of hydrogen-bond donors (Lipinski definition) is 1. The molecule has 62 heavy (non-hydrogen) atoms. The van der Waals surface area contributed by atoms with Crippen LogP contribution in [-0.2, 0) is 0 Å². The van der Waals surface area contributed by atoms with Crippen LogP contribution in [0.3, 0.4) is 0 Å². The topological polar surface area (TPSA) is 75.4 Å². The normalized spacial score (nSPS) is 14.8. The highest BCUT2D eigenvalue weighted by atomic mass is 15.2. The van der Waals surface area contributed by atoms with Crippen LogP contribution in [-0.4, -0.2) is 26.6 Å². The molecular weight excluding hydrogens is 757 g/mol. The second-order valence-electron chi connectivity index (χ2n) is 15.6. The molecule has 0 saturated heterocycles. The van der Waals surface area contributed by atoms with E-state index in [2.05, 4.69) is 145 Å². The van der Waals surface area contributed by atoms with Gasteiger partial charge < -0.3 is 5.32 Å². The first kappa shape index (κ1) is 36.9. The van der Waals surface area contributed by atoms with E-state index in [9.17, 15) is 0 Å². The zero-order chi connectivity index (χ0) is 41.2. The number of nitrogens with one attached hydrogen (secondary N) is 1. The summed E-state index contributed by atoms with van der Waals surface area (Å²) in [6.07, 6.45) is 8.04. The third-order valence-electron chi connectivity index (χ3n) is 11.7. The Balaban J connectivity index is 0.908. The summed E-state index contributed by atoms with van der Waals surface area (Å²) in [7, 11) is 0. The van der Waals surface area contributed by atoms with E-state index in [-0.39, 0.29) is 6.17 Å². The Morgan fingerprint density at radius 2 is 0.935 bits per heavy atom. The molecule has 6 nitrogen and oxygen atoms in total. The van der Waals surface area contributed by atoms with Gasteiger partial charge in [-0.15, -0.1) is 0 Å². The van der Waals surface area contributed by atoms with Crippen molar-refractivity contribution in [1.82, 2.24) is 20.3 Å². The molecule has 0 spiro atoms. The second-order valence-corrected chi connectivity index (χ2v) is 15.6. The van der Waals surface area contributed by atoms with Crippen LogP contribution in [0.15, 0.2) is 216 Å². The molecule has 6 heteroatoms. The number of aliphatic imine (C=N–C) groups is 2. The van der Waals surface area contributed by atoms with Crippen LogP contribution in [0.2, 0.25) is 0 Å². The van der Waals surface area contributed by atoms with Gasteiger partial charge in [-0.3, -0.25) is 0 Å². The Hall–Kier alpha value is -8.09. The van der Waals surface area contributed by atoms with Crippen LogP contribution in [0, 0.1) is 0 Å². The quantitative estimate of drug-likeness (QED) is 0.155. The van der Waals surface area contributed by atoms with Crippen molar-refractivity contribution in [2.45, 2.75) is 19.0 Å². The first-order chi connectivity index (χ1) is 30.7. The van der Waals surface area contributed by atoms with Gasteiger partial charge in [0.25, 0.3) is 0 Å². The van der Waals surface area contributed by atoms with Crippen molar-refractivity contribution < 1.29 is 0 Å². The Morgan fingerprint density at radius 3 is 1.52 bits per heavy atom. The summed E-state index contributed by atoms with van der Waals surface area (Å²) in [6.45, 7) is 0. The molecule has 1 unspecified atom stereocenters. The molecule has 0 radical (unpaired) electrons. The molecule has 11 rings (SSSR count). The van der Waals surface area contributed by atoms with Gasteiger partial charge in [0.05, 0.1) is 0 Å². The Labute approximate surface area is 360 Å². The Kier molecular flexibility index (Phi) is 9.63. The van der Waals surface area contributed by atoms with Crippen molar-refractivity contribution in [2.75, 3.05) is 0 Å². The van der Waals surface area contributed by atoms with Crippen molar-refractivity contribution in [3.05, 3.63) is 229 Å². The number of hydrogen-bond acceptors (Lipinski definition) is 6. The predicted octanol–water partition coefficient (Wildman–Crippen LogP) is 13.1. The summed E-state index contributed by atoms with van der Waals surface area (Å²) in [5.74, 6) is 3.60. The van der Waals surface area contributed by atoms with E-state index in [1.165, 1.54) is 32.7 Å². The standard InChI is InChI=1S/C56H40N6/c1-5-15-39(16-6-1)51-57-52(40-17-7-2-8-18-40)60-55(59-51)43-31-27-37(28-32-43)45-23-13-25-47-48-26-14-24-46(50(48)36-35-49(45)47)38-29-33-44(34-30-38)56-61-53(41-19-9-3-10-20-41)58-54(62-56)42-21-11-4-12-22-42/h1-11,13-21,23-36,51H,12,22H2,(H,57,59,60). The van der Waals surface area contributed by atoms with Crippen molar-refractivity contribution >= 4 is 38.8 Å². The van der Waals surface area contributed by atoms with Crippen molar-refractivity contribution in [3.63, 3.8) is 0 Å². The van der Waals surface area contributed by atoms with Crippen molar-refractivity contribution in [2.24, 2.45) is 9.98 Å². The summed E-state index contributed by atoms with van der Waals surface area (Å²) < 4.78 is 0. The van der Waals surface area contributed by atoms with Gasteiger partial charge in [0.1, 0.15) is 12.0 Å². The zero-order valence-electron chi connectivity index (χ0n) is 33.9. The second kappa shape index (κ2) is 16.2. The van der Waals surface area contributed by atoms with Crippen LogP contribution < -0.4 is 5.32 Å². The Morgan fingerprint density at radius 1 is 0.419 bits per heavy atom. The molecule has 2 heterocycles. The fraction of sp³-hybridized carbons (Fsp3) is 0.0536. The fourth-order valence-corrected chi connectivity index (χ4v) is 8.51. The van der Waals surface area contributed by atoms with Crippen LogP contribution in [0.5, 0.6) is 0 Å². The van der Waals surface area contributed by atoms with Crippen molar-refractivity contribution in [3.8, 4) is 45.0 Å². The number of aromatic nitrogens is 3. The SMILES string of the molecule is C1=CCCC(c2nc(-c3ccccc3)nc(-c3ccc(-c4cccc5c4ccc4c(-c6ccc(C7=NC(c8ccccc8)=NC(c8ccccc8)N7)cc6)cccc45)cc3)n2)=C1. The maximum atomic E-state index is 5.02. The van der Waals surface area contributed by atoms with E-state index in [4.69, 9.17) is 24.9 Å². The van der Waals surface area contributed by atoms with E-state index < -0.39 is 0 Å². The number of rotatable bonds is 8. The largest absolute Gasteiger partial charge is 0.344 e. The molecule has 1 N–H and O–H groups in total. The van der Waals surface area contributed by atoms with Crippen LogP contribution in [0.1, 0.15) is 41.5 Å². The lowest BCUT2D eigenvalue weighted by Crippen LogP contribution is -2.33. The highest BCUT2D eigenvalue weighted by Gasteiger charge is 2.21. The van der Waals surface area contributed by atoms with Gasteiger partial charge in [-0.25, -0.2) is 24.9 Å². The van der Waals surface area contributed by atoms with Gasteiger partial charge in [0.15, 0.2) is 23.3 Å². The highest BCUT2D eigenvalue weighted by molar-refractivity contribution is 6.16. The number of nitrogens with zero attached hydrogens (tertiary/aromatic N) is 5. The van der Waals surface area contributed by atoms with Gasteiger partial charge in [-0.05, 0) is 67.8 Å². The number of amidine groups is 2.